The van der Waals surface area contributed by atoms with Crippen LogP contribution in [0.25, 0.3) is 0 Å². The molecule has 15 heavy (non-hydrogen) atoms. The Labute approximate surface area is 93.1 Å². The third-order valence-corrected chi connectivity index (χ3v) is 3.71. The summed E-state index contributed by atoms with van der Waals surface area (Å²) in [5, 5.41) is 20.2. The number of nitriles is 1. The molecule has 0 aromatic carbocycles. The number of nitrogens with zero attached hydrogens (tertiary/aromatic N) is 3. The summed E-state index contributed by atoms with van der Waals surface area (Å²) in [4.78, 5) is 0. The van der Waals surface area contributed by atoms with Crippen molar-refractivity contribution in [2.45, 2.75) is 18.1 Å². The zero-order valence-electron chi connectivity index (χ0n) is 8.31. The lowest BCUT2D eigenvalue weighted by Gasteiger charge is -2.09. The van der Waals surface area contributed by atoms with Gasteiger partial charge in [-0.3, -0.25) is 0 Å². The van der Waals surface area contributed by atoms with Crippen molar-refractivity contribution in [3.8, 4) is 6.07 Å². The Balaban J connectivity index is 1.85. The van der Waals surface area contributed by atoms with Crippen molar-refractivity contribution in [2.75, 3.05) is 17.6 Å². The van der Waals surface area contributed by atoms with Gasteiger partial charge in [-0.25, -0.2) is 0 Å². The Hall–Kier alpha value is -1.28. The summed E-state index contributed by atoms with van der Waals surface area (Å²) >= 11 is 2.01. The lowest BCUT2D eigenvalue weighted by Crippen LogP contribution is -2.14. The number of anilines is 1. The third-order valence-electron chi connectivity index (χ3n) is 2.31. The number of nitrogens with one attached hydrogen (secondary N) is 1. The highest BCUT2D eigenvalue weighted by atomic mass is 32.2. The molecular formula is C10H12N4S. The molecule has 1 fully saturated rings. The van der Waals surface area contributed by atoms with Crippen molar-refractivity contribution in [2.24, 2.45) is 0 Å². The predicted molar refractivity (Wildman–Crippen MR) is 60.7 cm³/mol. The summed E-state index contributed by atoms with van der Waals surface area (Å²) in [6, 6.07) is 5.42. The average Bonchev–Trinajstić information content (AvgIpc) is 2.80. The quantitative estimate of drug-likeness (QED) is 0.839. The van der Waals surface area contributed by atoms with Crippen LogP contribution in [0, 0.1) is 11.3 Å². The van der Waals surface area contributed by atoms with Gasteiger partial charge in [0, 0.05) is 11.8 Å². The van der Waals surface area contributed by atoms with Crippen LogP contribution in [0.2, 0.25) is 0 Å². The molecule has 2 heterocycles. The molecule has 0 spiro atoms. The van der Waals surface area contributed by atoms with Gasteiger partial charge in [0.2, 0.25) is 0 Å². The second-order valence-corrected chi connectivity index (χ2v) is 4.84. The van der Waals surface area contributed by atoms with Crippen LogP contribution in [0.1, 0.15) is 18.5 Å². The van der Waals surface area contributed by atoms with E-state index in [0.29, 0.717) is 10.9 Å². The third kappa shape index (κ3) is 2.83. The van der Waals surface area contributed by atoms with E-state index in [-0.39, 0.29) is 0 Å². The molecule has 0 amide bonds. The van der Waals surface area contributed by atoms with E-state index in [1.165, 1.54) is 18.6 Å². The molecule has 0 radical (unpaired) electrons. The first kappa shape index (κ1) is 10.2. The zero-order valence-corrected chi connectivity index (χ0v) is 9.13. The van der Waals surface area contributed by atoms with Gasteiger partial charge in [0.25, 0.3) is 0 Å². The van der Waals surface area contributed by atoms with Crippen molar-refractivity contribution in [3.63, 3.8) is 0 Å². The monoisotopic (exact) mass is 220 g/mol. The van der Waals surface area contributed by atoms with Crippen LogP contribution >= 0.6 is 11.8 Å². The van der Waals surface area contributed by atoms with E-state index < -0.39 is 0 Å². The maximum atomic E-state index is 8.55. The Morgan fingerprint density at radius 2 is 2.47 bits per heavy atom. The van der Waals surface area contributed by atoms with Gasteiger partial charge in [-0.15, -0.1) is 10.2 Å². The van der Waals surface area contributed by atoms with Crippen LogP contribution in [0.3, 0.4) is 0 Å². The minimum Gasteiger partial charge on any atom is -0.367 e. The van der Waals surface area contributed by atoms with Crippen molar-refractivity contribution in [1.82, 2.24) is 10.2 Å². The molecule has 1 N–H and O–H groups in total. The van der Waals surface area contributed by atoms with Crippen LogP contribution < -0.4 is 5.32 Å². The summed E-state index contributed by atoms with van der Waals surface area (Å²) in [5.74, 6) is 2.02. The van der Waals surface area contributed by atoms with Gasteiger partial charge in [-0.1, -0.05) is 0 Å². The van der Waals surface area contributed by atoms with Gasteiger partial charge in [0.05, 0.1) is 0 Å². The molecule has 1 aliphatic heterocycles. The van der Waals surface area contributed by atoms with Crippen LogP contribution in [-0.4, -0.2) is 27.7 Å². The van der Waals surface area contributed by atoms with E-state index in [9.17, 15) is 0 Å². The summed E-state index contributed by atoms with van der Waals surface area (Å²) in [6.45, 7) is 0.936. The normalized spacial score (nSPS) is 19.8. The summed E-state index contributed by atoms with van der Waals surface area (Å²) in [5.41, 5.74) is 0.357. The Morgan fingerprint density at radius 3 is 3.07 bits per heavy atom. The number of hydrogen-bond acceptors (Lipinski definition) is 5. The molecule has 1 aromatic heterocycles. The molecule has 78 valence electrons. The minimum atomic E-state index is 0.357. The van der Waals surface area contributed by atoms with Crippen LogP contribution in [0.5, 0.6) is 0 Å². The second kappa shape index (κ2) is 4.99. The molecule has 1 unspecified atom stereocenters. The van der Waals surface area contributed by atoms with Crippen molar-refractivity contribution in [3.05, 3.63) is 17.8 Å². The van der Waals surface area contributed by atoms with E-state index in [1.54, 1.807) is 12.1 Å². The van der Waals surface area contributed by atoms with E-state index in [1.807, 2.05) is 17.8 Å². The maximum Gasteiger partial charge on any atom is 0.163 e. The predicted octanol–water partition coefficient (Wildman–Crippen LogP) is 1.66. The first-order valence-electron chi connectivity index (χ1n) is 4.98. The lowest BCUT2D eigenvalue weighted by molar-refractivity contribution is 0.801. The number of aromatic nitrogens is 2. The van der Waals surface area contributed by atoms with Gasteiger partial charge < -0.3 is 5.32 Å². The van der Waals surface area contributed by atoms with Crippen molar-refractivity contribution in [1.29, 1.82) is 5.26 Å². The molecule has 0 saturated carbocycles. The summed E-state index contributed by atoms with van der Waals surface area (Å²) in [6.07, 6.45) is 2.59. The van der Waals surface area contributed by atoms with E-state index in [0.717, 1.165) is 12.4 Å². The molecular weight excluding hydrogens is 208 g/mol. The molecule has 4 nitrogen and oxygen atoms in total. The molecule has 1 saturated heterocycles. The Bertz CT molecular complexity index is 351. The standard InChI is InChI=1S/C10H12N4S/c11-6-8-3-4-10(14-13-8)12-7-9-2-1-5-15-9/h3-4,9H,1-2,5,7H2,(H,12,14). The highest BCUT2D eigenvalue weighted by molar-refractivity contribution is 8.00. The van der Waals surface area contributed by atoms with Crippen LogP contribution in [0.4, 0.5) is 5.82 Å². The molecule has 2 rings (SSSR count). The molecule has 5 heteroatoms. The highest BCUT2D eigenvalue weighted by Gasteiger charge is 2.14. The number of thioether (sulfide) groups is 1. The maximum absolute atomic E-state index is 8.55. The summed E-state index contributed by atoms with van der Waals surface area (Å²) < 4.78 is 0. The fourth-order valence-corrected chi connectivity index (χ4v) is 2.71. The second-order valence-electron chi connectivity index (χ2n) is 3.43. The molecule has 0 aliphatic carbocycles. The fourth-order valence-electron chi connectivity index (χ4n) is 1.51. The van der Waals surface area contributed by atoms with Crippen molar-refractivity contribution >= 4 is 17.6 Å². The lowest BCUT2D eigenvalue weighted by atomic mass is 10.2. The summed E-state index contributed by atoms with van der Waals surface area (Å²) in [7, 11) is 0. The average molecular weight is 220 g/mol. The smallest absolute Gasteiger partial charge is 0.163 e. The van der Waals surface area contributed by atoms with Crippen LogP contribution in [-0.2, 0) is 0 Å². The minimum absolute atomic E-state index is 0.357. The van der Waals surface area contributed by atoms with Gasteiger partial charge in [-0.2, -0.15) is 17.0 Å². The largest absolute Gasteiger partial charge is 0.367 e. The number of hydrogen-bond donors (Lipinski definition) is 1. The van der Waals surface area contributed by atoms with Crippen LogP contribution in [0.15, 0.2) is 12.1 Å². The Morgan fingerprint density at radius 1 is 1.53 bits per heavy atom. The van der Waals surface area contributed by atoms with Gasteiger partial charge in [0.1, 0.15) is 11.9 Å². The van der Waals surface area contributed by atoms with E-state index in [2.05, 4.69) is 15.5 Å². The topological polar surface area (TPSA) is 61.6 Å². The van der Waals surface area contributed by atoms with Gasteiger partial charge >= 0.3 is 0 Å². The van der Waals surface area contributed by atoms with E-state index in [4.69, 9.17) is 5.26 Å². The SMILES string of the molecule is N#Cc1ccc(NCC2CCCS2)nn1. The van der Waals surface area contributed by atoms with Gasteiger partial charge in [-0.05, 0) is 30.7 Å². The Kier molecular flexibility index (Phi) is 3.41. The first-order chi connectivity index (χ1) is 7.38. The molecule has 0 bridgehead atoms. The highest BCUT2D eigenvalue weighted by Crippen LogP contribution is 2.25. The van der Waals surface area contributed by atoms with E-state index >= 15 is 0 Å². The zero-order chi connectivity index (χ0) is 10.5. The molecule has 1 atom stereocenters. The number of rotatable bonds is 3. The first-order valence-corrected chi connectivity index (χ1v) is 6.02. The van der Waals surface area contributed by atoms with Crippen molar-refractivity contribution < 1.29 is 0 Å². The molecule has 1 aromatic rings. The van der Waals surface area contributed by atoms with Gasteiger partial charge in [0.15, 0.2) is 5.69 Å². The molecule has 1 aliphatic rings. The fraction of sp³-hybridized carbons (Fsp3) is 0.500.